The van der Waals surface area contributed by atoms with Gasteiger partial charge in [-0.25, -0.2) is 4.79 Å². The second-order valence-corrected chi connectivity index (χ2v) is 9.56. The summed E-state index contributed by atoms with van der Waals surface area (Å²) < 4.78 is 24.4. The predicted octanol–water partition coefficient (Wildman–Crippen LogP) is 6.15. The summed E-state index contributed by atoms with van der Waals surface area (Å²) in [5.41, 5.74) is 3.23. The van der Waals surface area contributed by atoms with Crippen LogP contribution in [0.2, 0.25) is 0 Å². The minimum atomic E-state index is -1.10. The first-order valence-electron chi connectivity index (χ1n) is 13.6. The van der Waals surface area contributed by atoms with Gasteiger partial charge in [0.2, 0.25) is 0 Å². The number of benzene rings is 4. The molecule has 0 spiro atoms. The van der Waals surface area contributed by atoms with E-state index in [4.69, 9.17) is 18.9 Å². The van der Waals surface area contributed by atoms with Gasteiger partial charge in [-0.15, -0.1) is 0 Å². The molecule has 0 amide bonds. The molecule has 212 valence electrons. The number of ether oxygens (including phenoxy) is 4. The number of carbonyl (C=O) groups excluding carboxylic acids is 1. The third kappa shape index (κ3) is 9.52. The van der Waals surface area contributed by atoms with Crippen LogP contribution in [0.25, 0.3) is 0 Å². The molecule has 4 atom stereocenters. The molecule has 0 fully saturated rings. The average Bonchev–Trinajstić information content (AvgIpc) is 3.03. The minimum absolute atomic E-state index is 0.0178. The maximum Gasteiger partial charge on any atom is 0.338 e. The van der Waals surface area contributed by atoms with Gasteiger partial charge in [0.25, 0.3) is 0 Å². The molecule has 0 radical (unpaired) electrons. The Morgan fingerprint density at radius 1 is 0.659 bits per heavy atom. The van der Waals surface area contributed by atoms with E-state index in [9.17, 15) is 9.90 Å². The summed E-state index contributed by atoms with van der Waals surface area (Å²) in [6.07, 6.45) is -2.31. The summed E-state index contributed by atoms with van der Waals surface area (Å²) in [5.74, 6) is -0.527. The summed E-state index contributed by atoms with van der Waals surface area (Å²) in [7, 11) is 0. The Labute approximate surface area is 241 Å². The van der Waals surface area contributed by atoms with Crippen LogP contribution in [0.15, 0.2) is 134 Å². The highest BCUT2D eigenvalue weighted by Crippen LogP contribution is 2.22. The smallest absolute Gasteiger partial charge is 0.338 e. The molecule has 4 rings (SSSR count). The van der Waals surface area contributed by atoms with Crippen LogP contribution in [0.1, 0.15) is 27.0 Å². The Morgan fingerprint density at radius 2 is 1.10 bits per heavy atom. The molecule has 6 heteroatoms. The zero-order valence-corrected chi connectivity index (χ0v) is 23.0. The molecule has 0 saturated heterocycles. The van der Waals surface area contributed by atoms with E-state index in [1.165, 1.54) is 6.08 Å². The Morgan fingerprint density at radius 3 is 1.59 bits per heavy atom. The van der Waals surface area contributed by atoms with Crippen molar-refractivity contribution in [3.05, 3.63) is 156 Å². The lowest BCUT2D eigenvalue weighted by atomic mass is 10.0. The van der Waals surface area contributed by atoms with Gasteiger partial charge in [0.15, 0.2) is 0 Å². The maximum absolute atomic E-state index is 13.0. The molecule has 4 aromatic carbocycles. The van der Waals surface area contributed by atoms with Crippen molar-refractivity contribution in [3.63, 3.8) is 0 Å². The van der Waals surface area contributed by atoms with E-state index in [1.54, 1.807) is 24.3 Å². The Bertz CT molecular complexity index is 1300. The van der Waals surface area contributed by atoms with Gasteiger partial charge in [0.05, 0.1) is 32.0 Å². The first-order chi connectivity index (χ1) is 20.1. The van der Waals surface area contributed by atoms with Crippen molar-refractivity contribution in [3.8, 4) is 0 Å². The van der Waals surface area contributed by atoms with Gasteiger partial charge in [-0.05, 0) is 34.9 Å². The normalized spacial score (nSPS) is 14.0. The highest BCUT2D eigenvalue weighted by atomic mass is 16.6. The molecule has 0 bridgehead atoms. The van der Waals surface area contributed by atoms with Crippen molar-refractivity contribution in [1.82, 2.24) is 0 Å². The monoisotopic (exact) mass is 552 g/mol. The molecule has 0 aliphatic rings. The molecule has 0 aliphatic carbocycles. The molecule has 4 aromatic rings. The molecule has 1 N–H and O–H groups in total. The van der Waals surface area contributed by atoms with Crippen LogP contribution in [0.4, 0.5) is 0 Å². The zero-order chi connectivity index (χ0) is 28.7. The number of hydrogen-bond donors (Lipinski definition) is 1. The van der Waals surface area contributed by atoms with Crippen molar-refractivity contribution in [2.45, 2.75) is 44.2 Å². The highest BCUT2D eigenvalue weighted by molar-refractivity contribution is 5.89. The van der Waals surface area contributed by atoms with Crippen molar-refractivity contribution in [2.75, 3.05) is 6.61 Å². The molecule has 0 unspecified atom stereocenters. The largest absolute Gasteiger partial charge is 0.452 e. The summed E-state index contributed by atoms with van der Waals surface area (Å²) in [6, 6.07) is 37.7. The lowest BCUT2D eigenvalue weighted by Gasteiger charge is -2.34. The Hall–Kier alpha value is -4.07. The Balaban J connectivity index is 1.57. The second-order valence-electron chi connectivity index (χ2n) is 9.56. The molecule has 0 aromatic heterocycles. The SMILES string of the molecule is C=C[C@H](OC(=O)c1ccccc1)[C@@H](OCc1ccccc1)[C@H](OCc1ccccc1)[C@H](O)COCc1ccccc1. The topological polar surface area (TPSA) is 74.2 Å². The van der Waals surface area contributed by atoms with Crippen molar-refractivity contribution < 1.29 is 28.8 Å². The van der Waals surface area contributed by atoms with Crippen LogP contribution in [-0.2, 0) is 38.8 Å². The minimum Gasteiger partial charge on any atom is -0.452 e. The number of esters is 1. The fourth-order valence-electron chi connectivity index (χ4n) is 4.32. The number of aliphatic hydroxyl groups is 1. The van der Waals surface area contributed by atoms with Crippen LogP contribution in [0.5, 0.6) is 0 Å². The van der Waals surface area contributed by atoms with Crippen molar-refractivity contribution in [1.29, 1.82) is 0 Å². The summed E-state index contributed by atoms with van der Waals surface area (Å²) >= 11 is 0. The van der Waals surface area contributed by atoms with Crippen LogP contribution < -0.4 is 0 Å². The van der Waals surface area contributed by atoms with Gasteiger partial charge >= 0.3 is 5.97 Å². The highest BCUT2D eigenvalue weighted by Gasteiger charge is 2.37. The van der Waals surface area contributed by atoms with E-state index in [-0.39, 0.29) is 19.8 Å². The lowest BCUT2D eigenvalue weighted by Crippen LogP contribution is -2.50. The van der Waals surface area contributed by atoms with Crippen LogP contribution in [0, 0.1) is 0 Å². The lowest BCUT2D eigenvalue weighted by molar-refractivity contribution is -0.169. The summed E-state index contributed by atoms with van der Waals surface area (Å²) in [5, 5.41) is 11.4. The van der Waals surface area contributed by atoms with Gasteiger partial charge in [0, 0.05) is 0 Å². The average molecular weight is 553 g/mol. The van der Waals surface area contributed by atoms with E-state index in [2.05, 4.69) is 6.58 Å². The van der Waals surface area contributed by atoms with Crippen LogP contribution >= 0.6 is 0 Å². The third-order valence-electron chi connectivity index (χ3n) is 6.48. The number of hydrogen-bond acceptors (Lipinski definition) is 6. The maximum atomic E-state index is 13.0. The van der Waals surface area contributed by atoms with Crippen LogP contribution in [-0.4, -0.2) is 42.1 Å². The van der Waals surface area contributed by atoms with E-state index in [0.717, 1.165) is 16.7 Å². The summed E-state index contributed by atoms with van der Waals surface area (Å²) in [6.45, 7) is 4.65. The molecular weight excluding hydrogens is 516 g/mol. The Kier molecular flexibility index (Phi) is 11.9. The fraction of sp³-hybridized carbons (Fsp3) is 0.229. The van der Waals surface area contributed by atoms with E-state index in [1.807, 2.05) is 97.1 Å². The predicted molar refractivity (Wildman–Crippen MR) is 158 cm³/mol. The van der Waals surface area contributed by atoms with E-state index in [0.29, 0.717) is 12.2 Å². The van der Waals surface area contributed by atoms with E-state index >= 15 is 0 Å². The zero-order valence-electron chi connectivity index (χ0n) is 23.0. The number of carbonyl (C=O) groups is 1. The van der Waals surface area contributed by atoms with Crippen molar-refractivity contribution >= 4 is 5.97 Å². The second kappa shape index (κ2) is 16.3. The first-order valence-corrected chi connectivity index (χ1v) is 13.6. The number of aliphatic hydroxyl groups excluding tert-OH is 1. The van der Waals surface area contributed by atoms with E-state index < -0.39 is 30.4 Å². The standard InChI is InChI=1S/C35H36O6/c1-2-32(41-35(37)30-21-13-6-14-22-30)34(40-25-29-19-11-5-12-20-29)33(39-24-28-17-9-4-10-18-28)31(36)26-38-23-27-15-7-3-8-16-27/h2-22,31-34,36H,1,23-26H2/t31-,32+,33-,34-/m1/s1. The van der Waals surface area contributed by atoms with Gasteiger partial charge in [0.1, 0.15) is 24.4 Å². The van der Waals surface area contributed by atoms with Gasteiger partial charge in [-0.3, -0.25) is 0 Å². The van der Waals surface area contributed by atoms with Gasteiger partial charge in [-0.1, -0.05) is 116 Å². The fourth-order valence-corrected chi connectivity index (χ4v) is 4.32. The van der Waals surface area contributed by atoms with Gasteiger partial charge < -0.3 is 24.1 Å². The first kappa shape index (κ1) is 29.9. The quantitative estimate of drug-likeness (QED) is 0.133. The molecule has 6 nitrogen and oxygen atoms in total. The molecule has 41 heavy (non-hydrogen) atoms. The molecule has 0 heterocycles. The molecule has 0 saturated carbocycles. The molecule has 0 aliphatic heterocycles. The third-order valence-corrected chi connectivity index (χ3v) is 6.48. The van der Waals surface area contributed by atoms with Crippen molar-refractivity contribution in [2.24, 2.45) is 0 Å². The number of rotatable bonds is 16. The summed E-state index contributed by atoms with van der Waals surface area (Å²) in [4.78, 5) is 13.0. The molecular formula is C35H36O6. The van der Waals surface area contributed by atoms with Gasteiger partial charge in [-0.2, -0.15) is 0 Å². The van der Waals surface area contributed by atoms with Crippen LogP contribution in [0.3, 0.4) is 0 Å².